The smallest absolute Gasteiger partial charge is 0.311 e. The molecule has 1 rings (SSSR count). The Kier molecular flexibility index (Phi) is 1.82. The van der Waals surface area contributed by atoms with Gasteiger partial charge in [-0.25, -0.2) is 4.79 Å². The summed E-state index contributed by atoms with van der Waals surface area (Å²) < 4.78 is 1.50. The molecule has 2 amide bonds. The summed E-state index contributed by atoms with van der Waals surface area (Å²) in [4.78, 5) is 12.5. The molecule has 1 fully saturated rings. The molecule has 1 aliphatic heterocycles. The van der Waals surface area contributed by atoms with E-state index >= 15 is 0 Å². The highest BCUT2D eigenvalue weighted by Gasteiger charge is 2.23. The van der Waals surface area contributed by atoms with Crippen molar-refractivity contribution >= 4 is 18.0 Å². The molecule has 4 nitrogen and oxygen atoms in total. The van der Waals surface area contributed by atoms with Crippen LogP contribution in [0.5, 0.6) is 0 Å². The number of rotatable bonds is 1. The number of amides is 2. The summed E-state index contributed by atoms with van der Waals surface area (Å²) in [5.74, 6) is 0. The van der Waals surface area contributed by atoms with Gasteiger partial charge in [-0.3, -0.25) is 0 Å². The van der Waals surface area contributed by atoms with Gasteiger partial charge >= 0.3 is 6.03 Å². The van der Waals surface area contributed by atoms with E-state index in [1.807, 2.05) is 6.26 Å². The Labute approximate surface area is 58.3 Å². The molecule has 0 bridgehead atoms. The zero-order chi connectivity index (χ0) is 6.85. The van der Waals surface area contributed by atoms with Crippen molar-refractivity contribution in [2.75, 3.05) is 20.0 Å². The Hall–Kier alpha value is -0.420. The molecule has 1 aliphatic rings. The van der Waals surface area contributed by atoms with Crippen LogP contribution in [0.2, 0.25) is 0 Å². The Morgan fingerprint density at radius 3 is 2.67 bits per heavy atom. The molecule has 1 heterocycles. The van der Waals surface area contributed by atoms with E-state index in [-0.39, 0.29) is 6.03 Å². The highest BCUT2D eigenvalue weighted by molar-refractivity contribution is 7.96. The first-order valence-electron chi connectivity index (χ1n) is 2.58. The van der Waals surface area contributed by atoms with E-state index in [1.54, 1.807) is 11.9 Å². The van der Waals surface area contributed by atoms with Gasteiger partial charge in [0.2, 0.25) is 0 Å². The molecule has 0 aliphatic carbocycles. The van der Waals surface area contributed by atoms with Gasteiger partial charge in [0.15, 0.2) is 0 Å². The van der Waals surface area contributed by atoms with E-state index in [4.69, 9.17) is 0 Å². The first-order chi connectivity index (χ1) is 4.25. The van der Waals surface area contributed by atoms with E-state index in [9.17, 15) is 4.79 Å². The van der Waals surface area contributed by atoms with Gasteiger partial charge in [0, 0.05) is 13.3 Å². The SMILES string of the molecule is CSN1NCN(C)C1=O. The predicted molar refractivity (Wildman–Crippen MR) is 36.5 cm³/mol. The molecule has 0 aromatic rings. The lowest BCUT2D eigenvalue weighted by atomic mass is 10.8. The van der Waals surface area contributed by atoms with Gasteiger partial charge in [-0.2, -0.15) is 9.84 Å². The van der Waals surface area contributed by atoms with Crippen LogP contribution >= 0.6 is 11.9 Å². The monoisotopic (exact) mass is 147 g/mol. The predicted octanol–water partition coefficient (Wildman–Crippen LogP) is 0.0939. The normalized spacial score (nSPS) is 19.6. The third-order valence-corrected chi connectivity index (χ3v) is 1.78. The highest BCUT2D eigenvalue weighted by Crippen LogP contribution is 2.08. The van der Waals surface area contributed by atoms with Crippen LogP contribution in [-0.4, -0.2) is 35.3 Å². The van der Waals surface area contributed by atoms with Gasteiger partial charge in [-0.15, -0.1) is 0 Å². The summed E-state index contributed by atoms with van der Waals surface area (Å²) in [5, 5.41) is 0. The molecular weight excluding hydrogens is 138 g/mol. The van der Waals surface area contributed by atoms with Crippen LogP contribution < -0.4 is 5.43 Å². The second kappa shape index (κ2) is 2.45. The number of carbonyl (C=O) groups excluding carboxylic acids is 1. The topological polar surface area (TPSA) is 35.6 Å². The molecule has 1 N–H and O–H groups in total. The average molecular weight is 147 g/mol. The molecular formula is C4H9N3OS. The molecule has 0 atom stereocenters. The fourth-order valence-corrected chi connectivity index (χ4v) is 1.09. The lowest BCUT2D eigenvalue weighted by molar-refractivity contribution is 0.215. The minimum absolute atomic E-state index is 0.0162. The standard InChI is InChI=1S/C4H9N3OS/c1-6-3-5-7(9-2)4(6)8/h5H,3H2,1-2H3. The average Bonchev–Trinajstić information content (AvgIpc) is 2.15. The maximum absolute atomic E-state index is 10.9. The van der Waals surface area contributed by atoms with Gasteiger partial charge in [0.1, 0.15) is 0 Å². The van der Waals surface area contributed by atoms with Crippen LogP contribution in [0.25, 0.3) is 0 Å². The van der Waals surface area contributed by atoms with Crippen LogP contribution in [-0.2, 0) is 0 Å². The largest absolute Gasteiger partial charge is 0.345 e. The number of nitrogens with one attached hydrogen (secondary N) is 1. The van der Waals surface area contributed by atoms with Gasteiger partial charge in [-0.05, 0) is 11.9 Å². The summed E-state index contributed by atoms with van der Waals surface area (Å²) >= 11 is 1.38. The van der Waals surface area contributed by atoms with Crippen molar-refractivity contribution in [2.45, 2.75) is 0 Å². The maximum atomic E-state index is 10.9. The second-order valence-electron chi connectivity index (χ2n) is 1.77. The second-order valence-corrected chi connectivity index (χ2v) is 2.50. The van der Waals surface area contributed by atoms with Crippen molar-refractivity contribution in [3.8, 4) is 0 Å². The molecule has 5 heteroatoms. The molecule has 52 valence electrons. The summed E-state index contributed by atoms with van der Waals surface area (Å²) in [6.07, 6.45) is 1.85. The summed E-state index contributed by atoms with van der Waals surface area (Å²) in [7, 11) is 1.76. The summed E-state index contributed by atoms with van der Waals surface area (Å²) in [5.41, 5.74) is 2.88. The van der Waals surface area contributed by atoms with Crippen molar-refractivity contribution in [3.05, 3.63) is 0 Å². The van der Waals surface area contributed by atoms with E-state index in [2.05, 4.69) is 5.43 Å². The van der Waals surface area contributed by atoms with Crippen LogP contribution in [0, 0.1) is 0 Å². The molecule has 0 saturated carbocycles. The van der Waals surface area contributed by atoms with Gasteiger partial charge < -0.3 is 4.90 Å². The first-order valence-corrected chi connectivity index (χ1v) is 3.76. The number of carbonyl (C=O) groups is 1. The Morgan fingerprint density at radius 1 is 1.78 bits per heavy atom. The summed E-state index contributed by atoms with van der Waals surface area (Å²) in [6, 6.07) is 0.0162. The quantitative estimate of drug-likeness (QED) is 0.534. The molecule has 0 aromatic heterocycles. The molecule has 9 heavy (non-hydrogen) atoms. The number of urea groups is 1. The van der Waals surface area contributed by atoms with Gasteiger partial charge in [-0.1, -0.05) is 0 Å². The minimum Gasteiger partial charge on any atom is -0.311 e. The molecule has 0 spiro atoms. The van der Waals surface area contributed by atoms with Crippen LogP contribution in [0.1, 0.15) is 0 Å². The van der Waals surface area contributed by atoms with Crippen LogP contribution in [0.3, 0.4) is 0 Å². The van der Waals surface area contributed by atoms with E-state index < -0.39 is 0 Å². The lowest BCUT2D eigenvalue weighted by Gasteiger charge is -2.08. The number of hydrogen-bond donors (Lipinski definition) is 1. The Morgan fingerprint density at radius 2 is 2.44 bits per heavy atom. The van der Waals surface area contributed by atoms with Crippen molar-refractivity contribution in [1.29, 1.82) is 0 Å². The zero-order valence-electron chi connectivity index (χ0n) is 5.42. The number of hydrogen-bond acceptors (Lipinski definition) is 3. The third kappa shape index (κ3) is 1.11. The zero-order valence-corrected chi connectivity index (χ0v) is 6.23. The molecule has 0 radical (unpaired) electrons. The van der Waals surface area contributed by atoms with Crippen LogP contribution in [0.15, 0.2) is 0 Å². The molecule has 0 aromatic carbocycles. The number of hydrazine groups is 1. The van der Waals surface area contributed by atoms with Crippen molar-refractivity contribution in [3.63, 3.8) is 0 Å². The van der Waals surface area contributed by atoms with E-state index in [1.165, 1.54) is 16.4 Å². The number of nitrogens with zero attached hydrogens (tertiary/aromatic N) is 2. The van der Waals surface area contributed by atoms with E-state index in [0.717, 1.165) is 0 Å². The fraction of sp³-hybridized carbons (Fsp3) is 0.750. The first kappa shape index (κ1) is 6.70. The minimum atomic E-state index is 0.0162. The molecule has 1 saturated heterocycles. The van der Waals surface area contributed by atoms with Crippen LogP contribution in [0.4, 0.5) is 4.79 Å². The van der Waals surface area contributed by atoms with Gasteiger partial charge in [0.25, 0.3) is 0 Å². The van der Waals surface area contributed by atoms with E-state index in [0.29, 0.717) is 6.67 Å². The molecule has 0 unspecified atom stereocenters. The van der Waals surface area contributed by atoms with Gasteiger partial charge in [0.05, 0.1) is 6.67 Å². The third-order valence-electron chi connectivity index (χ3n) is 1.13. The fourth-order valence-electron chi connectivity index (χ4n) is 0.603. The highest BCUT2D eigenvalue weighted by atomic mass is 32.2. The Bertz CT molecular complexity index is 129. The van der Waals surface area contributed by atoms with Crippen molar-refractivity contribution in [2.24, 2.45) is 0 Å². The van der Waals surface area contributed by atoms with Crippen molar-refractivity contribution in [1.82, 2.24) is 14.7 Å². The maximum Gasteiger partial charge on any atom is 0.345 e. The lowest BCUT2D eigenvalue weighted by Crippen LogP contribution is -2.27. The summed E-state index contributed by atoms with van der Waals surface area (Å²) in [6.45, 7) is 0.611. The van der Waals surface area contributed by atoms with Crippen molar-refractivity contribution < 1.29 is 4.79 Å². The Balaban J connectivity index is 2.51.